The van der Waals surface area contributed by atoms with Crippen molar-refractivity contribution >= 4 is 49.9 Å². The summed E-state index contributed by atoms with van der Waals surface area (Å²) in [5, 5.41) is 12.1. The van der Waals surface area contributed by atoms with Crippen LogP contribution in [0.1, 0.15) is 12.8 Å². The van der Waals surface area contributed by atoms with Gasteiger partial charge in [-0.25, -0.2) is 22.8 Å². The molecule has 0 amide bonds. The summed E-state index contributed by atoms with van der Waals surface area (Å²) in [6.45, 7) is 0. The van der Waals surface area contributed by atoms with Crippen molar-refractivity contribution in [2.24, 2.45) is 0 Å². The van der Waals surface area contributed by atoms with Gasteiger partial charge in [-0.05, 0) is 31.0 Å². The van der Waals surface area contributed by atoms with Crippen LogP contribution >= 0.6 is 11.6 Å². The molecule has 11 nitrogen and oxygen atoms in total. The van der Waals surface area contributed by atoms with Crippen LogP contribution in [0.3, 0.4) is 0 Å². The van der Waals surface area contributed by atoms with Gasteiger partial charge in [-0.15, -0.1) is 10.2 Å². The summed E-state index contributed by atoms with van der Waals surface area (Å²) in [6, 6.07) is 7.60. The van der Waals surface area contributed by atoms with Gasteiger partial charge in [0.2, 0.25) is 11.8 Å². The molecular weight excluding hydrogens is 523 g/mol. The Morgan fingerprint density at radius 1 is 1.14 bits per heavy atom. The van der Waals surface area contributed by atoms with Crippen LogP contribution in [0.2, 0.25) is 5.02 Å². The number of methoxy groups -OCH3 is 1. The molecule has 1 aliphatic carbocycles. The van der Waals surface area contributed by atoms with Crippen LogP contribution in [0, 0.1) is 5.82 Å². The first-order valence-corrected chi connectivity index (χ1v) is 13.0. The number of pyridine rings is 2. The maximum absolute atomic E-state index is 15.8. The van der Waals surface area contributed by atoms with Crippen molar-refractivity contribution in [3.63, 3.8) is 0 Å². The Bertz CT molecular complexity index is 1790. The standard InChI is InChI=1S/C23H18ClFN8O3S/c1-36-22-18(8-13(24)10-26-22)37(34,35)32-17-4-2-3-15(19(17)25)16-7-12-9-27-23(29-14-5-6-14)30-20(12)33-11-28-31-21(16)33/h2-4,7-11,14,32H,5-6H2,1H3,(H,27,29,30). The number of nitrogens with zero attached hydrogens (tertiary/aromatic N) is 6. The fraction of sp³-hybridized carbons (Fsp3) is 0.174. The van der Waals surface area contributed by atoms with E-state index in [0.717, 1.165) is 12.8 Å². The number of sulfonamides is 1. The average molecular weight is 541 g/mol. The minimum absolute atomic E-state index is 0.0819. The Labute approximate surface area is 214 Å². The van der Waals surface area contributed by atoms with E-state index in [2.05, 4.69) is 35.2 Å². The van der Waals surface area contributed by atoms with Crippen molar-refractivity contribution < 1.29 is 17.5 Å². The van der Waals surface area contributed by atoms with E-state index in [1.54, 1.807) is 16.7 Å². The first-order valence-electron chi connectivity index (χ1n) is 11.1. The second-order valence-corrected chi connectivity index (χ2v) is 10.5. The summed E-state index contributed by atoms with van der Waals surface area (Å²) in [5.41, 5.74) is 1.12. The van der Waals surface area contributed by atoms with Gasteiger partial charge in [-0.2, -0.15) is 4.98 Å². The van der Waals surface area contributed by atoms with Crippen LogP contribution in [0.5, 0.6) is 5.88 Å². The third-order valence-corrected chi connectivity index (χ3v) is 7.39. The Morgan fingerprint density at radius 3 is 2.76 bits per heavy atom. The quantitative estimate of drug-likeness (QED) is 0.315. The van der Waals surface area contributed by atoms with Crippen LogP contribution in [-0.2, 0) is 10.0 Å². The van der Waals surface area contributed by atoms with E-state index in [1.807, 2.05) is 0 Å². The number of nitrogens with one attached hydrogen (secondary N) is 2. The smallest absolute Gasteiger partial charge is 0.267 e. The molecule has 188 valence electrons. The first kappa shape index (κ1) is 23.3. The lowest BCUT2D eigenvalue weighted by Crippen LogP contribution is -2.16. The molecule has 5 aromatic rings. The van der Waals surface area contributed by atoms with E-state index >= 15 is 4.39 Å². The molecule has 1 saturated carbocycles. The lowest BCUT2D eigenvalue weighted by atomic mass is 10.0. The second kappa shape index (κ2) is 8.78. The monoisotopic (exact) mass is 540 g/mol. The fourth-order valence-electron chi connectivity index (χ4n) is 3.92. The molecule has 1 fully saturated rings. The number of rotatable bonds is 7. The number of halogens is 2. The maximum Gasteiger partial charge on any atom is 0.267 e. The highest BCUT2D eigenvalue weighted by Crippen LogP contribution is 2.34. The Hall–Kier alpha value is -4.10. The van der Waals surface area contributed by atoms with E-state index < -0.39 is 15.8 Å². The summed E-state index contributed by atoms with van der Waals surface area (Å²) in [7, 11) is -3.03. The van der Waals surface area contributed by atoms with E-state index in [0.29, 0.717) is 34.2 Å². The topological polar surface area (TPSA) is 136 Å². The number of ether oxygens (including phenoxy) is 1. The molecule has 0 bridgehead atoms. The number of hydrogen-bond acceptors (Lipinski definition) is 9. The molecule has 2 N–H and O–H groups in total. The van der Waals surface area contributed by atoms with Crippen molar-refractivity contribution in [1.82, 2.24) is 29.5 Å². The molecule has 1 aromatic carbocycles. The number of benzene rings is 1. The fourth-order valence-corrected chi connectivity index (χ4v) is 5.35. The van der Waals surface area contributed by atoms with Gasteiger partial charge in [0.25, 0.3) is 10.0 Å². The molecule has 4 aromatic heterocycles. The largest absolute Gasteiger partial charge is 0.480 e. The van der Waals surface area contributed by atoms with Crippen molar-refractivity contribution in [2.75, 3.05) is 17.1 Å². The van der Waals surface area contributed by atoms with Crippen molar-refractivity contribution in [1.29, 1.82) is 0 Å². The molecule has 0 atom stereocenters. The number of anilines is 2. The maximum atomic E-state index is 15.8. The Kier molecular flexibility index (Phi) is 5.53. The summed E-state index contributed by atoms with van der Waals surface area (Å²) in [4.78, 5) is 12.5. The third-order valence-electron chi connectivity index (χ3n) is 5.82. The van der Waals surface area contributed by atoms with E-state index in [1.165, 1.54) is 43.9 Å². The Morgan fingerprint density at radius 2 is 1.97 bits per heavy atom. The average Bonchev–Trinajstić information content (AvgIpc) is 3.55. The molecule has 0 saturated heterocycles. The highest BCUT2D eigenvalue weighted by molar-refractivity contribution is 7.92. The van der Waals surface area contributed by atoms with E-state index in [4.69, 9.17) is 16.3 Å². The molecule has 0 unspecified atom stereocenters. The second-order valence-electron chi connectivity index (χ2n) is 8.41. The van der Waals surface area contributed by atoms with Gasteiger partial charge in [0.1, 0.15) is 6.33 Å². The van der Waals surface area contributed by atoms with Gasteiger partial charge >= 0.3 is 0 Å². The zero-order chi connectivity index (χ0) is 25.7. The summed E-state index contributed by atoms with van der Waals surface area (Å²) < 4.78 is 50.9. The summed E-state index contributed by atoms with van der Waals surface area (Å²) in [6.07, 6.45) is 6.51. The SMILES string of the molecule is COc1ncc(Cl)cc1S(=O)(=O)Nc1cccc(-c2cc3cnc(NC4CC4)nc3n3cnnc23)c1F. The zero-order valence-electron chi connectivity index (χ0n) is 19.2. The van der Waals surface area contributed by atoms with Crippen LogP contribution in [-0.4, -0.2) is 51.1 Å². The van der Waals surface area contributed by atoms with Gasteiger partial charge < -0.3 is 10.1 Å². The molecule has 0 spiro atoms. The van der Waals surface area contributed by atoms with Gasteiger partial charge in [0.05, 0.1) is 17.8 Å². The van der Waals surface area contributed by atoms with Crippen molar-refractivity contribution in [2.45, 2.75) is 23.8 Å². The minimum atomic E-state index is -4.30. The zero-order valence-corrected chi connectivity index (χ0v) is 20.8. The first-order chi connectivity index (χ1) is 17.8. The van der Waals surface area contributed by atoms with Crippen molar-refractivity contribution in [3.05, 3.63) is 59.9 Å². The predicted molar refractivity (Wildman–Crippen MR) is 135 cm³/mol. The van der Waals surface area contributed by atoms with E-state index in [9.17, 15) is 8.42 Å². The molecular formula is C23H18ClFN8O3S. The van der Waals surface area contributed by atoms with E-state index in [-0.39, 0.29) is 27.0 Å². The van der Waals surface area contributed by atoms with Gasteiger partial charge in [0, 0.05) is 34.9 Å². The number of hydrogen-bond donors (Lipinski definition) is 2. The molecule has 6 rings (SSSR count). The summed E-state index contributed by atoms with van der Waals surface area (Å²) in [5.74, 6) is -0.493. The highest BCUT2D eigenvalue weighted by atomic mass is 35.5. The van der Waals surface area contributed by atoms with Gasteiger partial charge in [-0.1, -0.05) is 23.7 Å². The molecule has 14 heteroatoms. The Balaban J connectivity index is 1.43. The molecule has 0 radical (unpaired) electrons. The van der Waals surface area contributed by atoms with Crippen molar-refractivity contribution in [3.8, 4) is 17.0 Å². The summed E-state index contributed by atoms with van der Waals surface area (Å²) >= 11 is 5.94. The van der Waals surface area contributed by atoms with Gasteiger partial charge in [-0.3, -0.25) is 9.12 Å². The van der Waals surface area contributed by atoms with Crippen LogP contribution in [0.15, 0.2) is 53.9 Å². The molecule has 1 aliphatic rings. The normalized spacial score (nSPS) is 13.7. The van der Waals surface area contributed by atoms with Gasteiger partial charge in [0.15, 0.2) is 22.0 Å². The number of aromatic nitrogens is 6. The molecule has 37 heavy (non-hydrogen) atoms. The van der Waals surface area contributed by atoms with Crippen LogP contribution in [0.25, 0.3) is 27.8 Å². The predicted octanol–water partition coefficient (Wildman–Crippen LogP) is 3.91. The van der Waals surface area contributed by atoms with Crippen LogP contribution in [0.4, 0.5) is 16.0 Å². The highest BCUT2D eigenvalue weighted by Gasteiger charge is 2.25. The molecule has 4 heterocycles. The van der Waals surface area contributed by atoms with Crippen LogP contribution < -0.4 is 14.8 Å². The minimum Gasteiger partial charge on any atom is -0.480 e. The third kappa shape index (κ3) is 4.25. The lowest BCUT2D eigenvalue weighted by Gasteiger charge is -2.14. The lowest BCUT2D eigenvalue weighted by molar-refractivity contribution is 0.385. The molecule has 0 aliphatic heterocycles. The number of fused-ring (bicyclic) bond motifs is 3.